The summed E-state index contributed by atoms with van der Waals surface area (Å²) in [6.07, 6.45) is -0.226. The SMILES string of the molecule is O=C(CC1CCSCC1)N(CCO)CC(F)F. The molecule has 100 valence electrons. The largest absolute Gasteiger partial charge is 0.395 e. The lowest BCUT2D eigenvalue weighted by atomic mass is 9.98. The molecule has 1 saturated heterocycles. The number of carbonyl (C=O) groups is 1. The van der Waals surface area contributed by atoms with Crippen LogP contribution in [0.2, 0.25) is 0 Å². The fourth-order valence-electron chi connectivity index (χ4n) is 1.93. The molecule has 0 spiro atoms. The van der Waals surface area contributed by atoms with Crippen molar-refractivity contribution in [2.24, 2.45) is 5.92 Å². The van der Waals surface area contributed by atoms with Gasteiger partial charge in [-0.3, -0.25) is 4.79 Å². The van der Waals surface area contributed by atoms with Gasteiger partial charge >= 0.3 is 0 Å². The molecule has 1 aliphatic heterocycles. The Kier molecular flexibility index (Phi) is 6.80. The second-order valence-electron chi connectivity index (χ2n) is 4.21. The molecule has 1 rings (SSSR count). The molecule has 1 N–H and O–H groups in total. The Labute approximate surface area is 105 Å². The van der Waals surface area contributed by atoms with Crippen LogP contribution in [0.3, 0.4) is 0 Å². The molecular formula is C11H19F2NO2S. The Morgan fingerprint density at radius 3 is 2.59 bits per heavy atom. The summed E-state index contributed by atoms with van der Waals surface area (Å²) >= 11 is 1.87. The van der Waals surface area contributed by atoms with Gasteiger partial charge in [-0.15, -0.1) is 0 Å². The fourth-order valence-corrected chi connectivity index (χ4v) is 3.14. The summed E-state index contributed by atoms with van der Waals surface area (Å²) in [4.78, 5) is 12.9. The smallest absolute Gasteiger partial charge is 0.255 e. The summed E-state index contributed by atoms with van der Waals surface area (Å²) in [5.74, 6) is 2.17. The first-order valence-corrected chi connectivity index (χ1v) is 7.03. The van der Waals surface area contributed by atoms with Gasteiger partial charge in [0.1, 0.15) is 0 Å². The molecule has 1 fully saturated rings. The highest BCUT2D eigenvalue weighted by atomic mass is 32.2. The summed E-state index contributed by atoms with van der Waals surface area (Å²) < 4.78 is 24.5. The molecule has 0 radical (unpaired) electrons. The molecule has 1 heterocycles. The van der Waals surface area contributed by atoms with E-state index in [4.69, 9.17) is 5.11 Å². The Balaban J connectivity index is 2.39. The predicted octanol–water partition coefficient (Wildman–Crippen LogP) is 1.61. The number of thioether (sulfide) groups is 1. The second-order valence-corrected chi connectivity index (χ2v) is 5.44. The lowest BCUT2D eigenvalue weighted by Gasteiger charge is -2.26. The third-order valence-electron chi connectivity index (χ3n) is 2.89. The number of carbonyl (C=O) groups excluding carboxylic acids is 1. The maximum absolute atomic E-state index is 12.3. The zero-order valence-corrected chi connectivity index (χ0v) is 10.6. The zero-order chi connectivity index (χ0) is 12.7. The first kappa shape index (κ1) is 14.7. The van der Waals surface area contributed by atoms with Crippen LogP contribution >= 0.6 is 11.8 Å². The van der Waals surface area contributed by atoms with Crippen LogP contribution in [0.25, 0.3) is 0 Å². The van der Waals surface area contributed by atoms with Gasteiger partial charge in [-0.05, 0) is 30.3 Å². The quantitative estimate of drug-likeness (QED) is 0.795. The van der Waals surface area contributed by atoms with E-state index in [1.165, 1.54) is 0 Å². The van der Waals surface area contributed by atoms with Crippen LogP contribution in [0, 0.1) is 5.92 Å². The van der Waals surface area contributed by atoms with Crippen LogP contribution in [0.5, 0.6) is 0 Å². The van der Waals surface area contributed by atoms with Crippen LogP contribution in [-0.2, 0) is 4.79 Å². The summed E-state index contributed by atoms with van der Waals surface area (Å²) in [5, 5.41) is 8.76. The summed E-state index contributed by atoms with van der Waals surface area (Å²) in [7, 11) is 0. The van der Waals surface area contributed by atoms with Gasteiger partial charge in [-0.25, -0.2) is 8.78 Å². The maximum Gasteiger partial charge on any atom is 0.255 e. The number of hydrogen-bond donors (Lipinski definition) is 1. The highest BCUT2D eigenvalue weighted by molar-refractivity contribution is 7.99. The molecule has 6 heteroatoms. The van der Waals surface area contributed by atoms with Crippen molar-refractivity contribution in [1.29, 1.82) is 0 Å². The van der Waals surface area contributed by atoms with Gasteiger partial charge in [0.05, 0.1) is 13.2 Å². The van der Waals surface area contributed by atoms with Gasteiger partial charge in [0.15, 0.2) is 0 Å². The van der Waals surface area contributed by atoms with Crippen molar-refractivity contribution in [1.82, 2.24) is 4.90 Å². The molecular weight excluding hydrogens is 248 g/mol. The highest BCUT2D eigenvalue weighted by Crippen LogP contribution is 2.25. The van der Waals surface area contributed by atoms with E-state index in [1.807, 2.05) is 11.8 Å². The molecule has 0 aliphatic carbocycles. The van der Waals surface area contributed by atoms with E-state index < -0.39 is 13.0 Å². The van der Waals surface area contributed by atoms with Gasteiger partial charge in [0.25, 0.3) is 6.43 Å². The van der Waals surface area contributed by atoms with Crippen molar-refractivity contribution >= 4 is 17.7 Å². The fraction of sp³-hybridized carbons (Fsp3) is 0.909. The Bertz CT molecular complexity index is 236. The standard InChI is InChI=1S/C11H19F2NO2S/c12-10(13)8-14(3-4-15)11(16)7-9-1-5-17-6-2-9/h9-10,15H,1-8H2. The van der Waals surface area contributed by atoms with E-state index in [0.717, 1.165) is 29.2 Å². The van der Waals surface area contributed by atoms with Crippen LogP contribution in [-0.4, -0.2) is 53.5 Å². The predicted molar refractivity (Wildman–Crippen MR) is 64.3 cm³/mol. The van der Waals surface area contributed by atoms with Gasteiger partial charge < -0.3 is 10.0 Å². The Hall–Kier alpha value is -0.360. The Morgan fingerprint density at radius 2 is 2.06 bits per heavy atom. The molecule has 0 bridgehead atoms. The van der Waals surface area contributed by atoms with Crippen LogP contribution in [0.15, 0.2) is 0 Å². The van der Waals surface area contributed by atoms with Gasteiger partial charge in [-0.1, -0.05) is 0 Å². The van der Waals surface area contributed by atoms with Crippen LogP contribution < -0.4 is 0 Å². The first-order chi connectivity index (χ1) is 8.13. The lowest BCUT2D eigenvalue weighted by Crippen LogP contribution is -2.38. The van der Waals surface area contributed by atoms with Crippen molar-refractivity contribution < 1.29 is 18.7 Å². The third kappa shape index (κ3) is 5.68. The minimum atomic E-state index is -2.53. The van der Waals surface area contributed by atoms with Crippen molar-refractivity contribution in [3.05, 3.63) is 0 Å². The van der Waals surface area contributed by atoms with Crippen molar-refractivity contribution in [3.63, 3.8) is 0 Å². The highest BCUT2D eigenvalue weighted by Gasteiger charge is 2.22. The van der Waals surface area contributed by atoms with Crippen LogP contribution in [0.4, 0.5) is 8.78 Å². The summed E-state index contributed by atoms with van der Waals surface area (Å²) in [5.41, 5.74) is 0. The minimum absolute atomic E-state index is 0.00461. The maximum atomic E-state index is 12.3. The molecule has 1 aliphatic rings. The van der Waals surface area contributed by atoms with Gasteiger partial charge in [-0.2, -0.15) is 11.8 Å². The number of alkyl halides is 2. The summed E-state index contributed by atoms with van der Waals surface area (Å²) in [6, 6.07) is 0. The topological polar surface area (TPSA) is 40.5 Å². The molecule has 0 saturated carbocycles. The molecule has 0 atom stereocenters. The van der Waals surface area contributed by atoms with Crippen molar-refractivity contribution in [3.8, 4) is 0 Å². The molecule has 0 aromatic carbocycles. The van der Waals surface area contributed by atoms with Crippen molar-refractivity contribution in [2.75, 3.05) is 31.2 Å². The second kappa shape index (κ2) is 7.87. The molecule has 3 nitrogen and oxygen atoms in total. The number of rotatable bonds is 6. The van der Waals surface area contributed by atoms with E-state index in [0.29, 0.717) is 12.3 Å². The molecule has 0 aromatic rings. The lowest BCUT2D eigenvalue weighted by molar-refractivity contribution is -0.134. The first-order valence-electron chi connectivity index (χ1n) is 5.88. The molecule has 0 aromatic heterocycles. The van der Waals surface area contributed by atoms with Gasteiger partial charge in [0, 0.05) is 13.0 Å². The minimum Gasteiger partial charge on any atom is -0.395 e. The number of aliphatic hydroxyl groups excluding tert-OH is 1. The number of hydrogen-bond acceptors (Lipinski definition) is 3. The monoisotopic (exact) mass is 267 g/mol. The van der Waals surface area contributed by atoms with Crippen molar-refractivity contribution in [2.45, 2.75) is 25.7 Å². The molecule has 0 unspecified atom stereocenters. The van der Waals surface area contributed by atoms with E-state index in [-0.39, 0.29) is 19.1 Å². The van der Waals surface area contributed by atoms with E-state index >= 15 is 0 Å². The summed E-state index contributed by atoms with van der Waals surface area (Å²) in [6.45, 7) is -0.829. The molecule has 1 amide bonds. The van der Waals surface area contributed by atoms with E-state index in [1.54, 1.807) is 0 Å². The molecule has 17 heavy (non-hydrogen) atoms. The zero-order valence-electron chi connectivity index (χ0n) is 9.78. The number of halogens is 2. The normalized spacial score (nSPS) is 17.4. The van der Waals surface area contributed by atoms with Gasteiger partial charge in [0.2, 0.25) is 5.91 Å². The van der Waals surface area contributed by atoms with E-state index in [2.05, 4.69) is 0 Å². The number of aliphatic hydroxyl groups is 1. The number of amides is 1. The Morgan fingerprint density at radius 1 is 1.41 bits per heavy atom. The average Bonchev–Trinajstić information content (AvgIpc) is 2.29. The average molecular weight is 267 g/mol. The van der Waals surface area contributed by atoms with E-state index in [9.17, 15) is 13.6 Å². The number of nitrogens with zero attached hydrogens (tertiary/aromatic N) is 1. The third-order valence-corrected chi connectivity index (χ3v) is 3.93. The van der Waals surface area contributed by atoms with Crippen LogP contribution in [0.1, 0.15) is 19.3 Å².